The molecule has 0 saturated heterocycles. The van der Waals surface area contributed by atoms with E-state index in [1.165, 1.54) is 6.42 Å². The highest BCUT2D eigenvalue weighted by molar-refractivity contribution is 9.12. The maximum atomic E-state index is 13.3. The van der Waals surface area contributed by atoms with Gasteiger partial charge in [-0.2, -0.15) is 0 Å². The maximum absolute atomic E-state index is 13.3. The van der Waals surface area contributed by atoms with Gasteiger partial charge in [0, 0.05) is 0 Å². The summed E-state index contributed by atoms with van der Waals surface area (Å²) < 4.78 is 18.1. The van der Waals surface area contributed by atoms with Crippen LogP contribution in [0.25, 0.3) is 11.1 Å². The summed E-state index contributed by atoms with van der Waals surface area (Å²) in [5, 5.41) is 3.27. The van der Waals surface area contributed by atoms with E-state index in [-0.39, 0.29) is 10.6 Å². The van der Waals surface area contributed by atoms with Crippen molar-refractivity contribution in [2.75, 3.05) is 0 Å². The lowest BCUT2D eigenvalue weighted by Gasteiger charge is -2.38. The number of hydrogen-bond donors (Lipinski definition) is 1. The van der Waals surface area contributed by atoms with Crippen molar-refractivity contribution in [2.24, 2.45) is 17.8 Å². The van der Waals surface area contributed by atoms with Crippen LogP contribution in [0.15, 0.2) is 64.8 Å². The van der Waals surface area contributed by atoms with Crippen molar-refractivity contribution in [3.63, 3.8) is 0 Å². The number of ether oxygens (including phenoxy) is 3. The van der Waals surface area contributed by atoms with E-state index in [2.05, 4.69) is 48.9 Å². The third kappa shape index (κ3) is 7.52. The lowest BCUT2D eigenvalue weighted by molar-refractivity contribution is -0.182. The van der Waals surface area contributed by atoms with Crippen molar-refractivity contribution in [1.29, 1.82) is 0 Å². The number of esters is 2. The van der Waals surface area contributed by atoms with Crippen LogP contribution in [0.5, 0.6) is 5.75 Å². The first kappa shape index (κ1) is 29.3. The van der Waals surface area contributed by atoms with E-state index >= 15 is 0 Å². The molecule has 5 atom stereocenters. The van der Waals surface area contributed by atoms with Crippen LogP contribution in [0.4, 0.5) is 0 Å². The van der Waals surface area contributed by atoms with Gasteiger partial charge in [-0.05, 0) is 76.2 Å². The zero-order valence-corrected chi connectivity index (χ0v) is 24.9. The highest BCUT2D eigenvalue weighted by Gasteiger charge is 2.41. The SMILES string of the molecule is CCCC[C@H](NC1=C(Br)C(=O)O[C@@H]1OC1CC(C)CCC1C(C)C)C(=O)Oc1ccc(-c2ccccc2)cc1. The zero-order chi connectivity index (χ0) is 27.9. The van der Waals surface area contributed by atoms with Crippen molar-refractivity contribution < 1.29 is 23.8 Å². The Hall–Kier alpha value is -2.64. The number of carbonyl (C=O) groups excluding carboxylic acids is 2. The molecule has 0 amide bonds. The second-order valence-electron chi connectivity index (χ2n) is 11.1. The average molecular weight is 599 g/mol. The van der Waals surface area contributed by atoms with Gasteiger partial charge in [0.05, 0.1) is 6.10 Å². The van der Waals surface area contributed by atoms with E-state index in [0.29, 0.717) is 35.6 Å². The summed E-state index contributed by atoms with van der Waals surface area (Å²) >= 11 is 3.38. The molecule has 1 aliphatic heterocycles. The summed E-state index contributed by atoms with van der Waals surface area (Å²) in [5.41, 5.74) is 2.60. The van der Waals surface area contributed by atoms with E-state index in [9.17, 15) is 9.59 Å². The quantitative estimate of drug-likeness (QED) is 0.215. The molecule has 0 spiro atoms. The molecule has 0 bridgehead atoms. The molecule has 2 aromatic carbocycles. The second kappa shape index (κ2) is 13.6. The Labute approximate surface area is 240 Å². The van der Waals surface area contributed by atoms with E-state index in [1.54, 1.807) is 12.1 Å². The predicted molar refractivity (Wildman–Crippen MR) is 156 cm³/mol. The van der Waals surface area contributed by atoms with Crippen LogP contribution in [-0.2, 0) is 19.1 Å². The van der Waals surface area contributed by atoms with Gasteiger partial charge in [0.1, 0.15) is 22.0 Å². The normalized spacial score (nSPS) is 24.0. The summed E-state index contributed by atoms with van der Waals surface area (Å²) in [5.74, 6) is 0.967. The van der Waals surface area contributed by atoms with E-state index in [0.717, 1.165) is 36.8 Å². The molecule has 6 nitrogen and oxygen atoms in total. The molecular formula is C32H40BrNO5. The summed E-state index contributed by atoms with van der Waals surface area (Å²) in [6, 6.07) is 16.9. The Morgan fingerprint density at radius 1 is 1.08 bits per heavy atom. The summed E-state index contributed by atoms with van der Waals surface area (Å²) in [6.45, 7) is 8.74. The number of hydrogen-bond acceptors (Lipinski definition) is 6. The Balaban J connectivity index is 1.47. The Bertz CT molecular complexity index is 1150. The molecule has 1 saturated carbocycles. The molecule has 2 aromatic rings. The van der Waals surface area contributed by atoms with Crippen molar-refractivity contribution >= 4 is 27.9 Å². The fourth-order valence-electron chi connectivity index (χ4n) is 5.46. The van der Waals surface area contributed by atoms with Crippen molar-refractivity contribution in [2.45, 2.75) is 84.7 Å². The molecule has 7 heteroatoms. The van der Waals surface area contributed by atoms with Gasteiger partial charge in [-0.3, -0.25) is 0 Å². The second-order valence-corrected chi connectivity index (χ2v) is 11.9. The maximum Gasteiger partial charge on any atom is 0.349 e. The molecule has 1 aliphatic carbocycles. The Morgan fingerprint density at radius 2 is 1.77 bits per heavy atom. The van der Waals surface area contributed by atoms with Crippen LogP contribution >= 0.6 is 15.9 Å². The molecule has 1 fully saturated rings. The number of halogens is 1. The first-order valence-corrected chi connectivity index (χ1v) is 15.0. The van der Waals surface area contributed by atoms with Gasteiger partial charge in [-0.15, -0.1) is 0 Å². The lowest BCUT2D eigenvalue weighted by Crippen LogP contribution is -2.44. The Morgan fingerprint density at radius 3 is 2.44 bits per heavy atom. The van der Waals surface area contributed by atoms with Crippen LogP contribution in [0.2, 0.25) is 0 Å². The molecular weight excluding hydrogens is 558 g/mol. The summed E-state index contributed by atoms with van der Waals surface area (Å²) in [7, 11) is 0. The third-order valence-corrected chi connectivity index (χ3v) is 8.52. The van der Waals surface area contributed by atoms with Crippen LogP contribution in [-0.4, -0.2) is 30.4 Å². The molecule has 1 heterocycles. The fourth-order valence-corrected chi connectivity index (χ4v) is 5.85. The van der Waals surface area contributed by atoms with E-state index < -0.39 is 24.3 Å². The molecule has 2 aliphatic rings. The fraction of sp³-hybridized carbons (Fsp3) is 0.500. The Kier molecular flexibility index (Phi) is 10.2. The first-order chi connectivity index (χ1) is 18.8. The van der Waals surface area contributed by atoms with Gasteiger partial charge in [0.25, 0.3) is 0 Å². The molecule has 3 unspecified atom stereocenters. The topological polar surface area (TPSA) is 73.9 Å². The number of carbonyl (C=O) groups is 2. The molecule has 1 N–H and O–H groups in total. The number of cyclic esters (lactones) is 1. The van der Waals surface area contributed by atoms with Gasteiger partial charge < -0.3 is 19.5 Å². The molecule has 4 rings (SSSR count). The van der Waals surface area contributed by atoms with Gasteiger partial charge in [0.15, 0.2) is 0 Å². The van der Waals surface area contributed by atoms with Gasteiger partial charge >= 0.3 is 11.9 Å². The molecule has 39 heavy (non-hydrogen) atoms. The predicted octanol–water partition coefficient (Wildman–Crippen LogP) is 7.37. The monoisotopic (exact) mass is 597 g/mol. The third-order valence-electron chi connectivity index (χ3n) is 7.77. The average Bonchev–Trinajstić information content (AvgIpc) is 3.18. The highest BCUT2D eigenvalue weighted by Crippen LogP contribution is 2.38. The van der Waals surface area contributed by atoms with Gasteiger partial charge in [0.2, 0.25) is 6.29 Å². The van der Waals surface area contributed by atoms with Crippen LogP contribution in [0.3, 0.4) is 0 Å². The number of benzene rings is 2. The number of unbranched alkanes of at least 4 members (excludes halogenated alkanes) is 1. The van der Waals surface area contributed by atoms with Crippen molar-refractivity contribution in [3.8, 4) is 16.9 Å². The minimum absolute atomic E-state index is 0.0223. The van der Waals surface area contributed by atoms with Crippen LogP contribution in [0, 0.1) is 17.8 Å². The lowest BCUT2D eigenvalue weighted by atomic mass is 9.75. The largest absolute Gasteiger partial charge is 0.426 e. The molecule has 0 aromatic heterocycles. The van der Waals surface area contributed by atoms with E-state index in [4.69, 9.17) is 14.2 Å². The van der Waals surface area contributed by atoms with Crippen LogP contribution < -0.4 is 10.1 Å². The number of rotatable bonds is 11. The zero-order valence-electron chi connectivity index (χ0n) is 23.3. The minimum atomic E-state index is -0.884. The standard InChI is InChI=1S/C32H40BrNO5/c1-5-6-12-26(30(35)37-24-16-14-23(15-17-24)22-10-8-7-9-11-22)34-29-28(33)31(36)39-32(29)38-27-19-21(4)13-18-25(27)20(2)3/h7-11,14-17,20-21,25-27,32,34H,5-6,12-13,18-19H2,1-4H3/t21?,25?,26-,27?,32-/m0/s1. The number of nitrogens with one attached hydrogen (secondary N) is 1. The highest BCUT2D eigenvalue weighted by atomic mass is 79.9. The van der Waals surface area contributed by atoms with Crippen molar-refractivity contribution in [3.05, 3.63) is 64.8 Å². The summed E-state index contributed by atoms with van der Waals surface area (Å²) in [6.07, 6.45) is 4.57. The van der Waals surface area contributed by atoms with Crippen molar-refractivity contribution in [1.82, 2.24) is 5.32 Å². The van der Waals surface area contributed by atoms with Gasteiger partial charge in [-0.1, -0.05) is 89.4 Å². The first-order valence-electron chi connectivity index (χ1n) is 14.2. The molecule has 210 valence electrons. The summed E-state index contributed by atoms with van der Waals surface area (Å²) in [4.78, 5) is 25.9. The van der Waals surface area contributed by atoms with Gasteiger partial charge in [-0.25, -0.2) is 9.59 Å². The van der Waals surface area contributed by atoms with Crippen LogP contribution in [0.1, 0.15) is 66.2 Å². The minimum Gasteiger partial charge on any atom is -0.426 e. The van der Waals surface area contributed by atoms with E-state index in [1.807, 2.05) is 42.5 Å². The smallest absolute Gasteiger partial charge is 0.349 e. The molecule has 0 radical (unpaired) electrons.